The van der Waals surface area contributed by atoms with Crippen LogP contribution in [0.5, 0.6) is 0 Å². The minimum atomic E-state index is -1.12. The number of aromatic nitrogens is 1. The molecule has 7 nitrogen and oxygen atoms in total. The molecule has 3 rings (SSSR count). The van der Waals surface area contributed by atoms with Gasteiger partial charge in [-0.25, -0.2) is 4.79 Å². The average Bonchev–Trinajstić information content (AvgIpc) is 2.64. The van der Waals surface area contributed by atoms with Gasteiger partial charge in [0, 0.05) is 42.4 Å². The summed E-state index contributed by atoms with van der Waals surface area (Å²) in [7, 11) is 0. The van der Waals surface area contributed by atoms with Crippen molar-refractivity contribution >= 4 is 28.3 Å². The van der Waals surface area contributed by atoms with Crippen LogP contribution in [0.25, 0.3) is 10.8 Å². The molecule has 2 aromatic rings. The van der Waals surface area contributed by atoms with Gasteiger partial charge in [0.25, 0.3) is 5.56 Å². The molecule has 1 fully saturated rings. The second-order valence-electron chi connectivity index (χ2n) is 6.31. The van der Waals surface area contributed by atoms with E-state index in [0.717, 1.165) is 18.9 Å². The number of hydrogen-bond acceptors (Lipinski definition) is 4. The van der Waals surface area contributed by atoms with Crippen LogP contribution in [-0.4, -0.2) is 34.8 Å². The number of aromatic carboxylic acids is 1. The molecular weight excluding hydrogens is 336 g/mol. The molecule has 0 saturated carbocycles. The Morgan fingerprint density at radius 2 is 2.04 bits per heavy atom. The SMILES string of the molecule is C=CC(=O)Nc1ccc2c(=O)n(CC3CCOCC3)cc(C(=O)O)c2c1. The summed E-state index contributed by atoms with van der Waals surface area (Å²) >= 11 is 0. The van der Waals surface area contributed by atoms with Crippen molar-refractivity contribution in [2.45, 2.75) is 19.4 Å². The Labute approximate surface area is 149 Å². The highest BCUT2D eigenvalue weighted by Gasteiger charge is 2.19. The molecule has 7 heteroatoms. The molecular formula is C19H20N2O5. The van der Waals surface area contributed by atoms with E-state index in [2.05, 4.69) is 11.9 Å². The third-order valence-electron chi connectivity index (χ3n) is 4.57. The molecule has 2 N–H and O–H groups in total. The third kappa shape index (κ3) is 3.67. The van der Waals surface area contributed by atoms with Gasteiger partial charge >= 0.3 is 5.97 Å². The van der Waals surface area contributed by atoms with E-state index in [9.17, 15) is 19.5 Å². The quantitative estimate of drug-likeness (QED) is 0.801. The number of rotatable bonds is 5. The lowest BCUT2D eigenvalue weighted by atomic mass is 9.99. The molecule has 0 atom stereocenters. The van der Waals surface area contributed by atoms with Crippen LogP contribution in [0.1, 0.15) is 23.2 Å². The number of hydrogen-bond donors (Lipinski definition) is 2. The minimum Gasteiger partial charge on any atom is -0.478 e. The fourth-order valence-electron chi connectivity index (χ4n) is 3.18. The topological polar surface area (TPSA) is 97.6 Å². The summed E-state index contributed by atoms with van der Waals surface area (Å²) in [6.45, 7) is 5.16. The van der Waals surface area contributed by atoms with E-state index < -0.39 is 11.9 Å². The number of pyridine rings is 1. The number of anilines is 1. The van der Waals surface area contributed by atoms with Gasteiger partial charge in [-0.3, -0.25) is 9.59 Å². The zero-order valence-corrected chi connectivity index (χ0v) is 14.2. The molecule has 0 bridgehead atoms. The summed E-state index contributed by atoms with van der Waals surface area (Å²) in [5, 5.41) is 12.8. The number of carboxylic acid groups (broad SMARTS) is 1. The molecule has 0 unspecified atom stereocenters. The number of nitrogens with zero attached hydrogens (tertiary/aromatic N) is 1. The Bertz CT molecular complexity index is 925. The van der Waals surface area contributed by atoms with Gasteiger partial charge in [-0.15, -0.1) is 0 Å². The zero-order chi connectivity index (χ0) is 18.7. The third-order valence-corrected chi connectivity index (χ3v) is 4.57. The summed E-state index contributed by atoms with van der Waals surface area (Å²) in [6.07, 6.45) is 4.20. The van der Waals surface area contributed by atoms with Crippen molar-refractivity contribution in [3.8, 4) is 0 Å². The zero-order valence-electron chi connectivity index (χ0n) is 14.2. The van der Waals surface area contributed by atoms with Crippen molar-refractivity contribution in [2.24, 2.45) is 5.92 Å². The predicted octanol–water partition coefficient (Wildman–Crippen LogP) is 2.25. The average molecular weight is 356 g/mol. The van der Waals surface area contributed by atoms with Gasteiger partial charge in [0.2, 0.25) is 5.91 Å². The molecule has 1 aliphatic heterocycles. The molecule has 1 aromatic carbocycles. The van der Waals surface area contributed by atoms with Crippen molar-refractivity contribution in [3.05, 3.63) is 53.0 Å². The maximum atomic E-state index is 12.8. The monoisotopic (exact) mass is 356 g/mol. The molecule has 1 amide bonds. The van der Waals surface area contributed by atoms with Crippen LogP contribution in [-0.2, 0) is 16.1 Å². The Kier molecular flexibility index (Phi) is 5.18. The molecule has 0 aliphatic carbocycles. The maximum Gasteiger partial charge on any atom is 0.337 e. The number of ether oxygens (including phenoxy) is 1. The highest BCUT2D eigenvalue weighted by Crippen LogP contribution is 2.22. The summed E-state index contributed by atoms with van der Waals surface area (Å²) < 4.78 is 6.81. The van der Waals surface area contributed by atoms with Crippen molar-refractivity contribution in [1.29, 1.82) is 0 Å². The Balaban J connectivity index is 2.06. The van der Waals surface area contributed by atoms with Gasteiger partial charge in [-0.2, -0.15) is 0 Å². The Morgan fingerprint density at radius 1 is 1.31 bits per heavy atom. The van der Waals surface area contributed by atoms with Crippen LogP contribution >= 0.6 is 0 Å². The molecule has 1 aliphatic rings. The van der Waals surface area contributed by atoms with Crippen molar-refractivity contribution in [3.63, 3.8) is 0 Å². The number of nitrogens with one attached hydrogen (secondary N) is 1. The van der Waals surface area contributed by atoms with Crippen LogP contribution in [0.4, 0.5) is 5.69 Å². The van der Waals surface area contributed by atoms with Gasteiger partial charge < -0.3 is 19.7 Å². The predicted molar refractivity (Wildman–Crippen MR) is 97.5 cm³/mol. The number of amides is 1. The molecule has 26 heavy (non-hydrogen) atoms. The van der Waals surface area contributed by atoms with Gasteiger partial charge in [0.05, 0.1) is 5.56 Å². The lowest BCUT2D eigenvalue weighted by molar-refractivity contribution is -0.111. The summed E-state index contributed by atoms with van der Waals surface area (Å²) in [4.78, 5) is 36.0. The largest absolute Gasteiger partial charge is 0.478 e. The first-order valence-electron chi connectivity index (χ1n) is 8.41. The van der Waals surface area contributed by atoms with E-state index in [1.807, 2.05) is 0 Å². The molecule has 136 valence electrons. The van der Waals surface area contributed by atoms with E-state index in [-0.39, 0.29) is 17.0 Å². The van der Waals surface area contributed by atoms with Gasteiger partial charge in [-0.1, -0.05) is 6.58 Å². The van der Waals surface area contributed by atoms with E-state index in [0.29, 0.717) is 36.2 Å². The molecule has 1 aromatic heterocycles. The van der Waals surface area contributed by atoms with Crippen LogP contribution < -0.4 is 10.9 Å². The van der Waals surface area contributed by atoms with E-state index >= 15 is 0 Å². The first-order valence-corrected chi connectivity index (χ1v) is 8.41. The summed E-state index contributed by atoms with van der Waals surface area (Å²) in [5.41, 5.74) is 0.200. The normalized spacial score (nSPS) is 14.9. The van der Waals surface area contributed by atoms with Gasteiger partial charge in [0.15, 0.2) is 0 Å². The van der Waals surface area contributed by atoms with Crippen LogP contribution in [0.15, 0.2) is 41.8 Å². The van der Waals surface area contributed by atoms with Crippen molar-refractivity contribution in [2.75, 3.05) is 18.5 Å². The fourth-order valence-corrected chi connectivity index (χ4v) is 3.18. The number of carbonyl (C=O) groups is 2. The van der Waals surface area contributed by atoms with Crippen molar-refractivity contribution in [1.82, 2.24) is 4.57 Å². The van der Waals surface area contributed by atoms with Gasteiger partial charge in [-0.05, 0) is 43.0 Å². The standard InChI is InChI=1S/C19H20N2O5/c1-2-17(22)20-13-3-4-14-15(9-13)16(19(24)25)11-21(18(14)23)10-12-5-7-26-8-6-12/h2-4,9,11-12H,1,5-8,10H2,(H,20,22)(H,24,25). The van der Waals surface area contributed by atoms with E-state index in [1.54, 1.807) is 12.1 Å². The lowest BCUT2D eigenvalue weighted by Crippen LogP contribution is -2.28. The lowest BCUT2D eigenvalue weighted by Gasteiger charge is -2.23. The summed E-state index contributed by atoms with van der Waals surface area (Å²) in [5.74, 6) is -1.25. The second-order valence-corrected chi connectivity index (χ2v) is 6.31. The van der Waals surface area contributed by atoms with Crippen LogP contribution in [0, 0.1) is 5.92 Å². The number of benzene rings is 1. The summed E-state index contributed by atoms with van der Waals surface area (Å²) in [6, 6.07) is 4.62. The maximum absolute atomic E-state index is 12.8. The van der Waals surface area contributed by atoms with Crippen LogP contribution in [0.3, 0.4) is 0 Å². The first-order chi connectivity index (χ1) is 12.5. The van der Waals surface area contributed by atoms with Crippen molar-refractivity contribution < 1.29 is 19.4 Å². The minimum absolute atomic E-state index is 0.0290. The smallest absolute Gasteiger partial charge is 0.337 e. The second kappa shape index (κ2) is 7.53. The number of carbonyl (C=O) groups excluding carboxylic acids is 1. The number of carboxylic acids is 1. The number of fused-ring (bicyclic) bond motifs is 1. The highest BCUT2D eigenvalue weighted by atomic mass is 16.5. The molecule has 0 spiro atoms. The molecule has 1 saturated heterocycles. The highest BCUT2D eigenvalue weighted by molar-refractivity contribution is 6.06. The van der Waals surface area contributed by atoms with E-state index in [1.165, 1.54) is 16.8 Å². The molecule has 0 radical (unpaired) electrons. The molecule has 2 heterocycles. The van der Waals surface area contributed by atoms with Gasteiger partial charge in [0.1, 0.15) is 0 Å². The fraction of sp³-hybridized carbons (Fsp3) is 0.316. The Morgan fingerprint density at radius 3 is 2.69 bits per heavy atom. The first kappa shape index (κ1) is 17.9. The van der Waals surface area contributed by atoms with E-state index in [4.69, 9.17) is 4.74 Å². The Hall–Kier alpha value is -2.93. The van der Waals surface area contributed by atoms with Crippen LogP contribution in [0.2, 0.25) is 0 Å².